The lowest BCUT2D eigenvalue weighted by Crippen LogP contribution is -2.28. The number of sulfonamides is 1. The number of aromatic hydroxyl groups is 1. The number of hydrogen-bond donors (Lipinski definition) is 2. The Morgan fingerprint density at radius 2 is 1.64 bits per heavy atom. The Bertz CT molecular complexity index is 1540. The first-order chi connectivity index (χ1) is 18.9. The van der Waals surface area contributed by atoms with E-state index < -0.39 is 15.3 Å². The molecule has 5 rings (SSSR count). The maximum atomic E-state index is 13.4. The fourth-order valence-corrected chi connectivity index (χ4v) is 6.78. The standard InChI is InChI=1S/C31H36N4O3S/c1-3-18-34(19-4-2)22-23-14-16-26(17-15-23)32-31(24-10-6-5-7-11-24)27-21-29(27)39(37,38)33-35-28-13-9-8-12-25(28)20-30(35)36/h5-17,20,27,29,33,36H,3-4,18-19,21-22H2,1-2H3. The van der Waals surface area contributed by atoms with Gasteiger partial charge in [-0.15, -0.1) is 0 Å². The van der Waals surface area contributed by atoms with E-state index in [0.29, 0.717) is 11.9 Å². The highest BCUT2D eigenvalue weighted by atomic mass is 32.2. The molecule has 0 saturated heterocycles. The lowest BCUT2D eigenvalue weighted by atomic mass is 10.1. The van der Waals surface area contributed by atoms with Gasteiger partial charge in [-0.2, -0.15) is 0 Å². The summed E-state index contributed by atoms with van der Waals surface area (Å²) in [4.78, 5) is 10.0. The average molecular weight is 545 g/mol. The maximum Gasteiger partial charge on any atom is 0.249 e. The van der Waals surface area contributed by atoms with Crippen molar-refractivity contribution in [2.75, 3.05) is 17.9 Å². The molecule has 3 aromatic carbocycles. The van der Waals surface area contributed by atoms with Crippen LogP contribution in [0.2, 0.25) is 0 Å². The van der Waals surface area contributed by atoms with Crippen LogP contribution in [0.15, 0.2) is 89.9 Å². The monoisotopic (exact) mass is 544 g/mol. The Morgan fingerprint density at radius 3 is 2.33 bits per heavy atom. The van der Waals surface area contributed by atoms with E-state index in [0.717, 1.165) is 54.8 Å². The predicted molar refractivity (Wildman–Crippen MR) is 159 cm³/mol. The molecule has 8 heteroatoms. The molecular formula is C31H36N4O3S. The smallest absolute Gasteiger partial charge is 0.249 e. The van der Waals surface area contributed by atoms with Crippen LogP contribution in [0.3, 0.4) is 0 Å². The van der Waals surface area contributed by atoms with E-state index in [2.05, 4.69) is 35.7 Å². The van der Waals surface area contributed by atoms with Gasteiger partial charge < -0.3 is 5.11 Å². The lowest BCUT2D eigenvalue weighted by molar-refractivity contribution is 0.266. The van der Waals surface area contributed by atoms with Gasteiger partial charge in [-0.3, -0.25) is 9.89 Å². The van der Waals surface area contributed by atoms with Crippen molar-refractivity contribution < 1.29 is 13.5 Å². The number of aromatic nitrogens is 1. The number of fused-ring (bicyclic) bond motifs is 1. The summed E-state index contributed by atoms with van der Waals surface area (Å²) in [6.45, 7) is 7.47. The first-order valence-electron chi connectivity index (χ1n) is 13.7. The third kappa shape index (κ3) is 6.18. The second kappa shape index (κ2) is 11.6. The van der Waals surface area contributed by atoms with E-state index in [1.165, 1.54) is 10.2 Å². The quantitative estimate of drug-likeness (QED) is 0.213. The molecule has 1 fully saturated rings. The zero-order chi connectivity index (χ0) is 27.4. The number of nitrogens with one attached hydrogen (secondary N) is 1. The molecule has 0 amide bonds. The van der Waals surface area contributed by atoms with Gasteiger partial charge in [0.25, 0.3) is 0 Å². The van der Waals surface area contributed by atoms with Gasteiger partial charge >= 0.3 is 0 Å². The second-order valence-electron chi connectivity index (χ2n) is 10.2. The number of benzene rings is 3. The highest BCUT2D eigenvalue weighted by molar-refractivity contribution is 7.93. The van der Waals surface area contributed by atoms with Crippen LogP contribution in [-0.2, 0) is 16.6 Å². The van der Waals surface area contributed by atoms with Crippen molar-refractivity contribution in [3.63, 3.8) is 0 Å². The third-order valence-electron chi connectivity index (χ3n) is 7.13. The molecule has 0 aliphatic heterocycles. The van der Waals surface area contributed by atoms with Crippen LogP contribution in [0, 0.1) is 5.92 Å². The van der Waals surface area contributed by atoms with E-state index in [-0.39, 0.29) is 11.8 Å². The van der Waals surface area contributed by atoms with Crippen molar-refractivity contribution in [2.24, 2.45) is 10.9 Å². The molecule has 7 nitrogen and oxygen atoms in total. The zero-order valence-corrected chi connectivity index (χ0v) is 23.3. The normalized spacial score (nSPS) is 17.6. The van der Waals surface area contributed by atoms with Crippen molar-refractivity contribution in [2.45, 2.75) is 44.9 Å². The molecule has 39 heavy (non-hydrogen) atoms. The Balaban J connectivity index is 1.38. The summed E-state index contributed by atoms with van der Waals surface area (Å²) in [5.41, 5.74) is 4.32. The molecule has 1 heterocycles. The first kappa shape index (κ1) is 27.0. The van der Waals surface area contributed by atoms with Gasteiger partial charge in [0.2, 0.25) is 15.9 Å². The Morgan fingerprint density at radius 1 is 0.974 bits per heavy atom. The highest BCUT2D eigenvalue weighted by Gasteiger charge is 2.51. The number of hydrogen-bond acceptors (Lipinski definition) is 5. The summed E-state index contributed by atoms with van der Waals surface area (Å²) in [7, 11) is -3.78. The molecule has 1 aromatic heterocycles. The van der Waals surface area contributed by atoms with Crippen LogP contribution in [0.1, 0.15) is 44.2 Å². The number of rotatable bonds is 12. The van der Waals surface area contributed by atoms with Crippen LogP contribution < -0.4 is 4.83 Å². The molecule has 1 saturated carbocycles. The number of aliphatic imine (C=N–C) groups is 1. The topological polar surface area (TPSA) is 86.9 Å². The van der Waals surface area contributed by atoms with Crippen LogP contribution in [-0.4, -0.2) is 47.2 Å². The SMILES string of the molecule is CCCN(CCC)Cc1ccc(N=C(c2ccccc2)C2CC2S(=O)(=O)Nn2c(O)cc3ccccc32)cc1. The summed E-state index contributed by atoms with van der Waals surface area (Å²) in [5, 5.41) is 10.5. The largest absolute Gasteiger partial charge is 0.493 e. The van der Waals surface area contributed by atoms with E-state index in [1.54, 1.807) is 12.1 Å². The fraction of sp³-hybridized carbons (Fsp3) is 0.323. The van der Waals surface area contributed by atoms with Gasteiger partial charge in [-0.1, -0.05) is 74.5 Å². The maximum absolute atomic E-state index is 13.4. The number of nitrogens with zero attached hydrogens (tertiary/aromatic N) is 3. The Hall–Kier alpha value is -3.62. The van der Waals surface area contributed by atoms with Crippen LogP contribution in [0.25, 0.3) is 10.9 Å². The molecule has 4 aromatic rings. The molecule has 204 valence electrons. The predicted octanol–water partition coefficient (Wildman–Crippen LogP) is 6.05. The van der Waals surface area contributed by atoms with Crippen LogP contribution in [0.4, 0.5) is 5.69 Å². The summed E-state index contributed by atoms with van der Waals surface area (Å²) in [6, 6.07) is 26.8. The zero-order valence-electron chi connectivity index (χ0n) is 22.5. The summed E-state index contributed by atoms with van der Waals surface area (Å²) < 4.78 is 28.0. The summed E-state index contributed by atoms with van der Waals surface area (Å²) >= 11 is 0. The van der Waals surface area contributed by atoms with Crippen molar-refractivity contribution in [3.8, 4) is 5.88 Å². The molecule has 0 bridgehead atoms. The molecule has 2 atom stereocenters. The second-order valence-corrected chi connectivity index (χ2v) is 12.1. The minimum Gasteiger partial charge on any atom is -0.493 e. The molecule has 2 N–H and O–H groups in total. The fourth-order valence-electron chi connectivity index (χ4n) is 5.18. The molecule has 0 radical (unpaired) electrons. The first-order valence-corrected chi connectivity index (χ1v) is 15.2. The van der Waals surface area contributed by atoms with Crippen LogP contribution in [0.5, 0.6) is 5.88 Å². The van der Waals surface area contributed by atoms with E-state index >= 15 is 0 Å². The third-order valence-corrected chi connectivity index (χ3v) is 8.89. The van der Waals surface area contributed by atoms with Gasteiger partial charge in [0.1, 0.15) is 0 Å². The average Bonchev–Trinajstić information content (AvgIpc) is 3.69. The van der Waals surface area contributed by atoms with E-state index in [9.17, 15) is 13.5 Å². The molecule has 0 spiro atoms. The van der Waals surface area contributed by atoms with Crippen molar-refractivity contribution in [1.29, 1.82) is 0 Å². The minimum atomic E-state index is -3.78. The van der Waals surface area contributed by atoms with Crippen molar-refractivity contribution in [1.82, 2.24) is 9.58 Å². The Labute approximate surface area is 230 Å². The van der Waals surface area contributed by atoms with E-state index in [4.69, 9.17) is 4.99 Å². The molecular weight excluding hydrogens is 508 g/mol. The van der Waals surface area contributed by atoms with Crippen molar-refractivity contribution in [3.05, 3.63) is 96.1 Å². The minimum absolute atomic E-state index is 0.148. The molecule has 2 unspecified atom stereocenters. The summed E-state index contributed by atoms with van der Waals surface area (Å²) in [6.07, 6.45) is 2.72. The number of para-hydroxylation sites is 1. The molecule has 1 aliphatic carbocycles. The van der Waals surface area contributed by atoms with E-state index in [1.807, 2.05) is 60.7 Å². The summed E-state index contributed by atoms with van der Waals surface area (Å²) in [5.74, 6) is -0.399. The van der Waals surface area contributed by atoms with Gasteiger partial charge in [0.05, 0.1) is 22.2 Å². The van der Waals surface area contributed by atoms with Gasteiger partial charge in [-0.05, 0) is 61.7 Å². The molecule has 1 aliphatic rings. The van der Waals surface area contributed by atoms with Crippen molar-refractivity contribution >= 4 is 32.3 Å². The van der Waals surface area contributed by atoms with Gasteiger partial charge in [0.15, 0.2) is 0 Å². The Kier molecular flexibility index (Phi) is 8.04. The highest BCUT2D eigenvalue weighted by Crippen LogP contribution is 2.41. The lowest BCUT2D eigenvalue weighted by Gasteiger charge is -2.21. The van der Waals surface area contributed by atoms with Gasteiger partial charge in [0, 0.05) is 23.9 Å². The van der Waals surface area contributed by atoms with Gasteiger partial charge in [-0.25, -0.2) is 17.9 Å². The van der Waals surface area contributed by atoms with Crippen LogP contribution >= 0.6 is 0 Å².